The first-order valence-corrected chi connectivity index (χ1v) is 5.53. The molecular weight excluding hydrogens is 206 g/mol. The van der Waals surface area contributed by atoms with Gasteiger partial charge in [0.25, 0.3) is 0 Å². The molecule has 2 aromatic rings. The highest BCUT2D eigenvalue weighted by molar-refractivity contribution is 7.10. The molecule has 0 aliphatic heterocycles. The lowest BCUT2D eigenvalue weighted by Crippen LogP contribution is -2.05. The van der Waals surface area contributed by atoms with Crippen molar-refractivity contribution in [2.75, 3.05) is 0 Å². The average molecular weight is 217 g/mol. The summed E-state index contributed by atoms with van der Waals surface area (Å²) in [5.74, 6) is 0.563. The number of hydrogen-bond acceptors (Lipinski definition) is 3. The molecule has 15 heavy (non-hydrogen) atoms. The van der Waals surface area contributed by atoms with Gasteiger partial charge in [0.1, 0.15) is 11.7 Å². The Kier molecular flexibility index (Phi) is 2.57. The van der Waals surface area contributed by atoms with Crippen molar-refractivity contribution in [2.45, 2.75) is 12.8 Å². The minimum atomic E-state index is -0.245. The van der Waals surface area contributed by atoms with Crippen LogP contribution in [0, 0.1) is 18.3 Å². The summed E-state index contributed by atoms with van der Waals surface area (Å²) < 4.78 is 1.90. The first kappa shape index (κ1) is 9.94. The molecule has 0 N–H and O–H groups in total. The van der Waals surface area contributed by atoms with Crippen LogP contribution in [-0.4, -0.2) is 9.55 Å². The number of hydrogen-bond donors (Lipinski definition) is 0. The highest BCUT2D eigenvalue weighted by Crippen LogP contribution is 2.29. The number of thiophene rings is 1. The molecule has 76 valence electrons. The number of rotatable bonds is 2. The normalized spacial score (nSPS) is 12.3. The second-order valence-corrected chi connectivity index (χ2v) is 4.37. The molecule has 0 saturated heterocycles. The summed E-state index contributed by atoms with van der Waals surface area (Å²) in [6.07, 6.45) is 3.59. The Morgan fingerprint density at radius 3 is 2.87 bits per heavy atom. The number of imidazole rings is 1. The zero-order chi connectivity index (χ0) is 10.8. The van der Waals surface area contributed by atoms with E-state index in [2.05, 4.69) is 11.1 Å². The third-order valence-corrected chi connectivity index (χ3v) is 3.49. The fourth-order valence-corrected chi connectivity index (χ4v) is 2.54. The summed E-state index contributed by atoms with van der Waals surface area (Å²) in [5, 5.41) is 11.2. The number of nitriles is 1. The fraction of sp³-hybridized carbons (Fsp3) is 0.273. The van der Waals surface area contributed by atoms with E-state index in [9.17, 15) is 5.26 Å². The first-order valence-electron chi connectivity index (χ1n) is 4.65. The van der Waals surface area contributed by atoms with Gasteiger partial charge in [0.2, 0.25) is 0 Å². The Labute approximate surface area is 92.6 Å². The maximum atomic E-state index is 9.22. The highest BCUT2D eigenvalue weighted by atomic mass is 32.1. The summed E-state index contributed by atoms with van der Waals surface area (Å²) in [4.78, 5) is 5.32. The fourth-order valence-electron chi connectivity index (χ4n) is 1.57. The van der Waals surface area contributed by atoms with Crippen LogP contribution in [0.15, 0.2) is 23.8 Å². The zero-order valence-electron chi connectivity index (χ0n) is 8.64. The Hall–Kier alpha value is -1.60. The Balaban J connectivity index is 2.47. The van der Waals surface area contributed by atoms with Crippen molar-refractivity contribution >= 4 is 11.3 Å². The van der Waals surface area contributed by atoms with Crippen LogP contribution >= 0.6 is 11.3 Å². The smallest absolute Gasteiger partial charge is 0.139 e. The predicted octanol–water partition coefficient (Wildman–Crippen LogP) is 2.45. The van der Waals surface area contributed by atoms with Crippen LogP contribution in [0.25, 0.3) is 0 Å². The van der Waals surface area contributed by atoms with Gasteiger partial charge in [-0.1, -0.05) is 0 Å². The molecule has 0 spiro atoms. The molecule has 2 rings (SSSR count). The van der Waals surface area contributed by atoms with E-state index in [0.717, 1.165) is 16.3 Å². The molecule has 2 heterocycles. The first-order chi connectivity index (χ1) is 7.24. The number of aryl methyl sites for hydroxylation is 2. The molecule has 0 bridgehead atoms. The molecule has 2 aromatic heterocycles. The minimum absolute atomic E-state index is 0.245. The van der Waals surface area contributed by atoms with Gasteiger partial charge < -0.3 is 4.57 Å². The van der Waals surface area contributed by atoms with Crippen LogP contribution in [0.2, 0.25) is 0 Å². The van der Waals surface area contributed by atoms with Crippen LogP contribution in [0.5, 0.6) is 0 Å². The average Bonchev–Trinajstić information content (AvgIpc) is 2.80. The predicted molar refractivity (Wildman–Crippen MR) is 59.7 cm³/mol. The van der Waals surface area contributed by atoms with Gasteiger partial charge in [-0.2, -0.15) is 5.26 Å². The maximum absolute atomic E-state index is 9.22. The highest BCUT2D eigenvalue weighted by Gasteiger charge is 2.20. The molecule has 1 atom stereocenters. The number of nitrogens with zero attached hydrogens (tertiary/aromatic N) is 3. The van der Waals surface area contributed by atoms with Gasteiger partial charge in [-0.25, -0.2) is 4.98 Å². The molecule has 0 aliphatic rings. The second-order valence-electron chi connectivity index (χ2n) is 3.43. The molecule has 3 nitrogen and oxygen atoms in total. The Bertz CT molecular complexity index is 464. The summed E-state index contributed by atoms with van der Waals surface area (Å²) in [6.45, 7) is 2.03. The van der Waals surface area contributed by atoms with E-state index in [1.54, 1.807) is 17.5 Å². The lowest BCUT2D eigenvalue weighted by Gasteiger charge is -2.08. The van der Waals surface area contributed by atoms with Gasteiger partial charge in [0.15, 0.2) is 0 Å². The summed E-state index contributed by atoms with van der Waals surface area (Å²) in [7, 11) is 1.91. The monoisotopic (exact) mass is 217 g/mol. The quantitative estimate of drug-likeness (QED) is 0.775. The van der Waals surface area contributed by atoms with E-state index in [1.807, 2.05) is 36.2 Å². The molecule has 0 fully saturated rings. The van der Waals surface area contributed by atoms with Crippen LogP contribution in [-0.2, 0) is 7.05 Å². The standard InChI is InChI=1S/C11H11N3S/c1-8-3-6-15-10(8)9(7-12)11-13-4-5-14(11)2/h3-6,9H,1-2H3. The van der Waals surface area contributed by atoms with E-state index >= 15 is 0 Å². The van der Waals surface area contributed by atoms with E-state index in [1.165, 1.54) is 0 Å². The van der Waals surface area contributed by atoms with Crippen molar-refractivity contribution in [1.82, 2.24) is 9.55 Å². The SMILES string of the molecule is Cc1ccsc1C(C#N)c1nccn1C. The summed E-state index contributed by atoms with van der Waals surface area (Å²) >= 11 is 1.61. The van der Waals surface area contributed by atoms with Crippen LogP contribution in [0.4, 0.5) is 0 Å². The molecule has 0 aliphatic carbocycles. The van der Waals surface area contributed by atoms with E-state index in [-0.39, 0.29) is 5.92 Å². The van der Waals surface area contributed by atoms with Crippen molar-refractivity contribution in [2.24, 2.45) is 7.05 Å². The van der Waals surface area contributed by atoms with Crippen molar-refractivity contribution in [3.8, 4) is 6.07 Å². The van der Waals surface area contributed by atoms with Gasteiger partial charge in [0.05, 0.1) is 6.07 Å². The Morgan fingerprint density at radius 2 is 2.40 bits per heavy atom. The summed E-state index contributed by atoms with van der Waals surface area (Å²) in [6, 6.07) is 4.35. The third kappa shape index (κ3) is 1.66. The lowest BCUT2D eigenvalue weighted by molar-refractivity contribution is 0.788. The molecular formula is C11H11N3S. The maximum Gasteiger partial charge on any atom is 0.139 e. The van der Waals surface area contributed by atoms with Gasteiger partial charge in [-0.3, -0.25) is 0 Å². The topological polar surface area (TPSA) is 41.6 Å². The third-order valence-electron chi connectivity index (χ3n) is 2.41. The molecule has 0 radical (unpaired) electrons. The van der Waals surface area contributed by atoms with Gasteiger partial charge in [-0.05, 0) is 23.9 Å². The number of aromatic nitrogens is 2. The van der Waals surface area contributed by atoms with Gasteiger partial charge in [0, 0.05) is 24.3 Å². The Morgan fingerprint density at radius 1 is 1.60 bits per heavy atom. The minimum Gasteiger partial charge on any atom is -0.337 e. The van der Waals surface area contributed by atoms with E-state index in [0.29, 0.717) is 0 Å². The van der Waals surface area contributed by atoms with Crippen molar-refractivity contribution in [3.63, 3.8) is 0 Å². The van der Waals surface area contributed by atoms with E-state index < -0.39 is 0 Å². The molecule has 0 saturated carbocycles. The lowest BCUT2D eigenvalue weighted by atomic mass is 10.1. The molecule has 1 unspecified atom stereocenters. The second kappa shape index (κ2) is 3.87. The van der Waals surface area contributed by atoms with Crippen LogP contribution < -0.4 is 0 Å². The van der Waals surface area contributed by atoms with Crippen LogP contribution in [0.1, 0.15) is 22.2 Å². The van der Waals surface area contributed by atoms with Gasteiger partial charge in [-0.15, -0.1) is 11.3 Å². The zero-order valence-corrected chi connectivity index (χ0v) is 9.45. The van der Waals surface area contributed by atoms with Gasteiger partial charge >= 0.3 is 0 Å². The molecule has 0 aromatic carbocycles. The van der Waals surface area contributed by atoms with Crippen molar-refractivity contribution in [3.05, 3.63) is 40.1 Å². The molecule has 0 amide bonds. The molecule has 4 heteroatoms. The van der Waals surface area contributed by atoms with E-state index in [4.69, 9.17) is 0 Å². The van der Waals surface area contributed by atoms with Crippen molar-refractivity contribution in [1.29, 1.82) is 5.26 Å². The van der Waals surface area contributed by atoms with Crippen LogP contribution in [0.3, 0.4) is 0 Å². The van der Waals surface area contributed by atoms with Crippen molar-refractivity contribution < 1.29 is 0 Å². The largest absolute Gasteiger partial charge is 0.337 e. The summed E-state index contributed by atoms with van der Waals surface area (Å²) in [5.41, 5.74) is 1.16.